The monoisotopic (exact) mass is 254 g/mol. The number of hydrogen-bond acceptors (Lipinski definition) is 3. The van der Waals surface area contributed by atoms with Gasteiger partial charge in [0, 0.05) is 12.1 Å². The van der Waals surface area contributed by atoms with Crippen LogP contribution in [0.5, 0.6) is 5.75 Å². The minimum atomic E-state index is -5.08. The van der Waals surface area contributed by atoms with Gasteiger partial charge in [-0.3, -0.25) is 10.1 Å². The number of halogens is 4. The number of non-ortho nitro benzene ring substituents is 1. The van der Waals surface area contributed by atoms with E-state index in [9.17, 15) is 23.1 Å². The van der Waals surface area contributed by atoms with Gasteiger partial charge in [-0.1, -0.05) is 11.6 Å². The second kappa shape index (κ2) is 4.61. The predicted octanol–water partition coefficient (Wildman–Crippen LogP) is 3.01. The second-order valence-electron chi connectivity index (χ2n) is 2.89. The van der Waals surface area contributed by atoms with Crippen molar-refractivity contribution in [2.75, 3.05) is 6.51 Å². The van der Waals surface area contributed by atoms with Crippen LogP contribution in [0.1, 0.15) is 0 Å². The fraction of sp³-hybridized carbons (Fsp3) is 0.143. The van der Waals surface area contributed by atoms with Crippen LogP contribution < -0.4 is 4.74 Å². The number of ether oxygens (including phenoxy) is 1. The van der Waals surface area contributed by atoms with Crippen LogP contribution in [0.4, 0.5) is 18.6 Å². The molecule has 88 valence electrons. The zero-order chi connectivity index (χ0) is 12.3. The smallest absolute Gasteiger partial charge is 0.515 e. The predicted molar refractivity (Wildman–Crippen MR) is 52.7 cm³/mol. The van der Waals surface area contributed by atoms with Crippen molar-refractivity contribution in [2.24, 2.45) is 0 Å². The van der Waals surface area contributed by atoms with Gasteiger partial charge in [-0.05, 0) is 6.07 Å². The molecule has 0 bridgehead atoms. The largest absolute Gasteiger partial charge is 0.520 e. The Labute approximate surface area is 93.2 Å². The molecule has 1 rings (SSSR count). The highest BCUT2D eigenvalue weighted by atomic mass is 35.5. The summed E-state index contributed by atoms with van der Waals surface area (Å²) in [4.78, 5) is 9.61. The van der Waals surface area contributed by atoms with E-state index in [2.05, 4.69) is 4.74 Å². The van der Waals surface area contributed by atoms with Crippen molar-refractivity contribution in [3.8, 4) is 5.75 Å². The van der Waals surface area contributed by atoms with Crippen molar-refractivity contribution < 1.29 is 22.6 Å². The van der Waals surface area contributed by atoms with Crippen molar-refractivity contribution in [1.29, 1.82) is 0 Å². The lowest BCUT2D eigenvalue weighted by Gasteiger charge is -2.15. The maximum absolute atomic E-state index is 11.9. The minimum absolute atomic E-state index is 0.228. The van der Waals surface area contributed by atoms with Crippen molar-refractivity contribution in [1.82, 2.24) is 0 Å². The molecule has 0 atom stereocenters. The van der Waals surface area contributed by atoms with Gasteiger partial charge in [-0.2, -0.15) is 0 Å². The van der Waals surface area contributed by atoms with E-state index < -0.39 is 18.4 Å². The van der Waals surface area contributed by atoms with Crippen molar-refractivity contribution in [3.63, 3.8) is 0 Å². The quantitative estimate of drug-likeness (QED) is 0.471. The van der Waals surface area contributed by atoms with Crippen LogP contribution in [-0.4, -0.2) is 18.4 Å². The van der Waals surface area contributed by atoms with Crippen LogP contribution in [-0.2, 0) is 0 Å². The van der Waals surface area contributed by atoms with Crippen LogP contribution in [0.15, 0.2) is 18.2 Å². The molecule has 0 N–H and O–H groups in total. The normalized spacial score (nSPS) is 11.2. The van der Waals surface area contributed by atoms with Gasteiger partial charge in [-0.15, -0.1) is 0 Å². The molecule has 4 nitrogen and oxygen atoms in total. The third-order valence-electron chi connectivity index (χ3n) is 1.55. The average Bonchev–Trinajstić information content (AvgIpc) is 2.14. The Hall–Kier alpha value is -1.44. The molecule has 16 heavy (non-hydrogen) atoms. The molecule has 0 aliphatic carbocycles. The summed E-state index contributed by atoms with van der Waals surface area (Å²) in [5, 5.41) is 10.1. The van der Waals surface area contributed by atoms with Gasteiger partial charge in [0.1, 0.15) is 5.75 Å². The first-order chi connectivity index (χ1) is 7.29. The standard InChI is InChI=1S/C7H5BClF3NO3/c9-6-3-5(13(14)15)1-2-7(6)16-4-8(10,11)12/h1-3H,4H2/q-1. The van der Waals surface area contributed by atoms with Gasteiger partial charge in [0.2, 0.25) is 0 Å². The summed E-state index contributed by atoms with van der Waals surface area (Å²) in [5.74, 6) is -0.230. The van der Waals surface area contributed by atoms with E-state index in [1.807, 2.05) is 0 Å². The zero-order valence-electron chi connectivity index (χ0n) is 7.70. The molecule has 0 amide bonds. The zero-order valence-corrected chi connectivity index (χ0v) is 8.46. The highest BCUT2D eigenvalue weighted by molar-refractivity contribution is 6.58. The maximum Gasteiger partial charge on any atom is 0.515 e. The Kier molecular flexibility index (Phi) is 3.64. The third kappa shape index (κ3) is 3.61. The van der Waals surface area contributed by atoms with Gasteiger partial charge >= 0.3 is 6.98 Å². The molecule has 0 fully saturated rings. The molecule has 0 aliphatic rings. The number of hydrogen-bond donors (Lipinski definition) is 0. The molecule has 0 radical (unpaired) electrons. The van der Waals surface area contributed by atoms with Gasteiger partial charge in [0.15, 0.2) is 0 Å². The molecule has 0 aliphatic heterocycles. The average molecular weight is 254 g/mol. The van der Waals surface area contributed by atoms with E-state index in [4.69, 9.17) is 11.6 Å². The summed E-state index contributed by atoms with van der Waals surface area (Å²) in [6.07, 6.45) is 0. The lowest BCUT2D eigenvalue weighted by atomic mass is 9.95. The Morgan fingerprint density at radius 1 is 1.44 bits per heavy atom. The maximum atomic E-state index is 11.9. The lowest BCUT2D eigenvalue weighted by molar-refractivity contribution is -0.384. The highest BCUT2D eigenvalue weighted by Crippen LogP contribution is 2.29. The van der Waals surface area contributed by atoms with E-state index >= 15 is 0 Å². The molecular weight excluding hydrogens is 249 g/mol. The van der Waals surface area contributed by atoms with Crippen LogP contribution in [0.3, 0.4) is 0 Å². The molecule has 0 saturated carbocycles. The Morgan fingerprint density at radius 2 is 2.06 bits per heavy atom. The Bertz CT molecular complexity index is 412. The van der Waals surface area contributed by atoms with Crippen LogP contribution in [0.25, 0.3) is 0 Å². The molecule has 0 unspecified atom stereocenters. The van der Waals surface area contributed by atoms with Gasteiger partial charge in [0.05, 0.1) is 16.5 Å². The topological polar surface area (TPSA) is 52.4 Å². The van der Waals surface area contributed by atoms with Crippen molar-refractivity contribution in [3.05, 3.63) is 33.3 Å². The number of benzene rings is 1. The Balaban J connectivity index is 2.80. The van der Waals surface area contributed by atoms with Gasteiger partial charge < -0.3 is 17.7 Å². The summed E-state index contributed by atoms with van der Waals surface area (Å²) < 4.78 is 40.0. The Morgan fingerprint density at radius 3 is 2.50 bits per heavy atom. The van der Waals surface area contributed by atoms with E-state index in [1.165, 1.54) is 0 Å². The van der Waals surface area contributed by atoms with Crippen molar-refractivity contribution >= 4 is 24.3 Å². The van der Waals surface area contributed by atoms with Crippen molar-refractivity contribution in [2.45, 2.75) is 0 Å². The van der Waals surface area contributed by atoms with E-state index in [0.29, 0.717) is 0 Å². The first-order valence-corrected chi connectivity index (χ1v) is 4.45. The van der Waals surface area contributed by atoms with Gasteiger partial charge in [-0.25, -0.2) is 0 Å². The molecule has 9 heteroatoms. The molecule has 0 spiro atoms. The molecule has 1 aromatic carbocycles. The SMILES string of the molecule is O=[N+]([O-])c1ccc(OC[B-](F)(F)F)c(Cl)c1. The first-order valence-electron chi connectivity index (χ1n) is 4.07. The van der Waals surface area contributed by atoms with Crippen LogP contribution in [0, 0.1) is 10.1 Å². The molecular formula is C7H5BClF3NO3-. The van der Waals surface area contributed by atoms with E-state index in [1.54, 1.807) is 0 Å². The summed E-state index contributed by atoms with van der Waals surface area (Å²) in [6, 6.07) is 2.98. The number of nitro benzene ring substituents is 1. The van der Waals surface area contributed by atoms with E-state index in [-0.39, 0.29) is 16.5 Å². The number of rotatable bonds is 4. The van der Waals surface area contributed by atoms with Crippen LogP contribution in [0.2, 0.25) is 5.02 Å². The summed E-state index contributed by atoms with van der Waals surface area (Å²) >= 11 is 5.51. The molecule has 0 aromatic heterocycles. The minimum Gasteiger partial charge on any atom is -0.520 e. The fourth-order valence-corrected chi connectivity index (χ4v) is 1.13. The fourth-order valence-electron chi connectivity index (χ4n) is 0.905. The molecule has 0 saturated heterocycles. The van der Waals surface area contributed by atoms with Crippen LogP contribution >= 0.6 is 11.6 Å². The highest BCUT2D eigenvalue weighted by Gasteiger charge is 2.24. The molecule has 0 heterocycles. The first kappa shape index (κ1) is 12.6. The third-order valence-corrected chi connectivity index (χ3v) is 1.85. The summed E-state index contributed by atoms with van der Waals surface area (Å²) in [7, 11) is 0. The lowest BCUT2D eigenvalue weighted by Crippen LogP contribution is -2.26. The van der Waals surface area contributed by atoms with E-state index in [0.717, 1.165) is 18.2 Å². The number of nitrogens with zero attached hydrogens (tertiary/aromatic N) is 1. The molecule has 1 aromatic rings. The summed E-state index contributed by atoms with van der Waals surface area (Å²) in [6.45, 7) is -6.51. The second-order valence-corrected chi connectivity index (χ2v) is 3.30. The summed E-state index contributed by atoms with van der Waals surface area (Å²) in [5.41, 5.74) is -0.310. The number of nitro groups is 1. The van der Waals surface area contributed by atoms with Gasteiger partial charge in [0.25, 0.3) is 5.69 Å².